The van der Waals surface area contributed by atoms with Crippen molar-refractivity contribution in [3.05, 3.63) is 47.1 Å². The van der Waals surface area contributed by atoms with Crippen LogP contribution in [0, 0.1) is 0 Å². The maximum atomic E-state index is 11.8. The highest BCUT2D eigenvalue weighted by Crippen LogP contribution is 2.21. The van der Waals surface area contributed by atoms with Gasteiger partial charge in [-0.15, -0.1) is 0 Å². The number of amides is 1. The molecule has 0 fully saturated rings. The predicted octanol–water partition coefficient (Wildman–Crippen LogP) is 2.83. The molecule has 0 spiro atoms. The van der Waals surface area contributed by atoms with Gasteiger partial charge >= 0.3 is 0 Å². The van der Waals surface area contributed by atoms with Gasteiger partial charge in [-0.2, -0.15) is 0 Å². The molecular weight excluding hydrogens is 322 g/mol. The molecular formula is C14H14BrN3O2. The number of nitrogens with one attached hydrogen (secondary N) is 1. The number of halogens is 1. The summed E-state index contributed by atoms with van der Waals surface area (Å²) < 4.78 is 6.10. The number of rotatable bonds is 5. The number of carbonyl (C=O) groups excluding carboxylic acids is 1. The van der Waals surface area contributed by atoms with Crippen LogP contribution in [0.4, 0.5) is 11.5 Å². The first-order valence-corrected chi connectivity index (χ1v) is 6.83. The Morgan fingerprint density at radius 1 is 1.35 bits per heavy atom. The maximum absolute atomic E-state index is 11.8. The lowest BCUT2D eigenvalue weighted by Gasteiger charge is -2.08. The monoisotopic (exact) mass is 335 g/mol. The fourth-order valence-corrected chi connectivity index (χ4v) is 1.98. The third-order valence-electron chi connectivity index (χ3n) is 2.46. The number of ether oxygens (including phenoxy) is 1. The van der Waals surface area contributed by atoms with Crippen molar-refractivity contribution in [3.63, 3.8) is 0 Å². The SMILES string of the molecule is Nc1cnc(NC(=O)CCOc2ccccc2)c(Br)c1. The van der Waals surface area contributed by atoms with Gasteiger partial charge in [-0.05, 0) is 34.1 Å². The van der Waals surface area contributed by atoms with E-state index >= 15 is 0 Å². The second kappa shape index (κ2) is 6.91. The molecule has 1 aromatic carbocycles. The second-order valence-electron chi connectivity index (χ2n) is 4.06. The lowest BCUT2D eigenvalue weighted by atomic mass is 10.3. The van der Waals surface area contributed by atoms with E-state index in [2.05, 4.69) is 26.2 Å². The molecule has 0 aliphatic heterocycles. The quantitative estimate of drug-likeness (QED) is 0.880. The summed E-state index contributed by atoms with van der Waals surface area (Å²) in [5, 5.41) is 2.69. The summed E-state index contributed by atoms with van der Waals surface area (Å²) in [5.74, 6) is 1.02. The number of anilines is 2. The molecule has 2 aromatic rings. The van der Waals surface area contributed by atoms with Crippen LogP contribution in [-0.2, 0) is 4.79 Å². The molecule has 1 heterocycles. The van der Waals surface area contributed by atoms with Crippen LogP contribution in [0.2, 0.25) is 0 Å². The molecule has 0 unspecified atom stereocenters. The average Bonchev–Trinajstić information content (AvgIpc) is 2.43. The molecule has 0 radical (unpaired) electrons. The average molecular weight is 336 g/mol. The number of nitrogens with two attached hydrogens (primary N) is 1. The third-order valence-corrected chi connectivity index (χ3v) is 3.07. The van der Waals surface area contributed by atoms with E-state index in [1.165, 1.54) is 6.20 Å². The van der Waals surface area contributed by atoms with Crippen molar-refractivity contribution < 1.29 is 9.53 Å². The van der Waals surface area contributed by atoms with Crippen molar-refractivity contribution in [2.75, 3.05) is 17.7 Å². The van der Waals surface area contributed by atoms with Gasteiger partial charge in [-0.3, -0.25) is 4.79 Å². The number of nitrogens with zero attached hydrogens (tertiary/aromatic N) is 1. The summed E-state index contributed by atoms with van der Waals surface area (Å²) in [5.41, 5.74) is 6.11. The number of benzene rings is 1. The number of aromatic nitrogens is 1. The largest absolute Gasteiger partial charge is 0.493 e. The van der Waals surface area contributed by atoms with Crippen molar-refractivity contribution in [2.24, 2.45) is 0 Å². The maximum Gasteiger partial charge on any atom is 0.228 e. The molecule has 20 heavy (non-hydrogen) atoms. The molecule has 0 aliphatic rings. The Bertz CT molecular complexity index is 590. The molecule has 5 nitrogen and oxygen atoms in total. The Morgan fingerprint density at radius 2 is 2.10 bits per heavy atom. The molecule has 1 amide bonds. The zero-order valence-electron chi connectivity index (χ0n) is 10.7. The van der Waals surface area contributed by atoms with E-state index in [9.17, 15) is 4.79 Å². The minimum Gasteiger partial charge on any atom is -0.493 e. The number of para-hydroxylation sites is 1. The molecule has 0 saturated heterocycles. The van der Waals surface area contributed by atoms with Crippen LogP contribution in [0.15, 0.2) is 47.1 Å². The smallest absolute Gasteiger partial charge is 0.228 e. The molecule has 0 aliphatic carbocycles. The Morgan fingerprint density at radius 3 is 2.80 bits per heavy atom. The minimum absolute atomic E-state index is 0.168. The van der Waals surface area contributed by atoms with Crippen LogP contribution in [0.25, 0.3) is 0 Å². The Balaban J connectivity index is 1.81. The van der Waals surface area contributed by atoms with Crippen LogP contribution in [0.1, 0.15) is 6.42 Å². The van der Waals surface area contributed by atoms with Gasteiger partial charge in [0.25, 0.3) is 0 Å². The van der Waals surface area contributed by atoms with Crippen molar-refractivity contribution in [1.29, 1.82) is 0 Å². The van der Waals surface area contributed by atoms with Crippen LogP contribution < -0.4 is 15.8 Å². The first-order chi connectivity index (χ1) is 9.65. The zero-order valence-corrected chi connectivity index (χ0v) is 12.3. The van der Waals surface area contributed by atoms with Gasteiger partial charge in [-0.25, -0.2) is 4.98 Å². The zero-order chi connectivity index (χ0) is 14.4. The predicted molar refractivity (Wildman–Crippen MR) is 81.5 cm³/mol. The van der Waals surface area contributed by atoms with Gasteiger partial charge in [0.05, 0.1) is 29.4 Å². The summed E-state index contributed by atoms with van der Waals surface area (Å²) in [6, 6.07) is 11.0. The molecule has 0 bridgehead atoms. The lowest BCUT2D eigenvalue weighted by Crippen LogP contribution is -2.16. The molecule has 1 aromatic heterocycles. The van der Waals surface area contributed by atoms with Gasteiger partial charge in [-0.1, -0.05) is 18.2 Å². The number of hydrogen-bond acceptors (Lipinski definition) is 4. The molecule has 2 rings (SSSR count). The van der Waals surface area contributed by atoms with Crippen molar-refractivity contribution in [1.82, 2.24) is 4.98 Å². The van der Waals surface area contributed by atoms with Gasteiger partial charge in [0.1, 0.15) is 11.6 Å². The normalized spacial score (nSPS) is 10.1. The number of carbonyl (C=O) groups is 1. The number of hydrogen-bond donors (Lipinski definition) is 2. The van der Waals surface area contributed by atoms with Crippen LogP contribution >= 0.6 is 15.9 Å². The molecule has 0 atom stereocenters. The second-order valence-corrected chi connectivity index (χ2v) is 4.91. The van der Waals surface area contributed by atoms with Crippen molar-refractivity contribution in [3.8, 4) is 5.75 Å². The molecule has 6 heteroatoms. The highest BCUT2D eigenvalue weighted by atomic mass is 79.9. The Labute approximate surface area is 125 Å². The van der Waals surface area contributed by atoms with Crippen molar-refractivity contribution in [2.45, 2.75) is 6.42 Å². The summed E-state index contributed by atoms with van der Waals surface area (Å²) in [6.07, 6.45) is 1.73. The number of pyridine rings is 1. The molecule has 104 valence electrons. The minimum atomic E-state index is -0.168. The van der Waals surface area contributed by atoms with Gasteiger partial charge < -0.3 is 15.8 Å². The fourth-order valence-electron chi connectivity index (χ4n) is 1.52. The van der Waals surface area contributed by atoms with E-state index in [-0.39, 0.29) is 12.3 Å². The molecule has 0 saturated carbocycles. The van der Waals surface area contributed by atoms with Gasteiger partial charge in [0.2, 0.25) is 5.91 Å². The van der Waals surface area contributed by atoms with Crippen LogP contribution in [-0.4, -0.2) is 17.5 Å². The molecule has 3 N–H and O–H groups in total. The first kappa shape index (κ1) is 14.3. The van der Waals surface area contributed by atoms with E-state index in [1.807, 2.05) is 30.3 Å². The topological polar surface area (TPSA) is 77.2 Å². The van der Waals surface area contributed by atoms with Gasteiger partial charge in [0.15, 0.2) is 0 Å². The first-order valence-electron chi connectivity index (χ1n) is 6.04. The lowest BCUT2D eigenvalue weighted by molar-refractivity contribution is -0.116. The van der Waals surface area contributed by atoms with E-state index in [0.717, 1.165) is 5.75 Å². The van der Waals surface area contributed by atoms with E-state index in [0.29, 0.717) is 22.6 Å². The van der Waals surface area contributed by atoms with Gasteiger partial charge in [0, 0.05) is 0 Å². The summed E-state index contributed by atoms with van der Waals surface area (Å²) in [7, 11) is 0. The standard InChI is InChI=1S/C14H14BrN3O2/c15-12-8-10(16)9-17-14(12)18-13(19)6-7-20-11-4-2-1-3-5-11/h1-5,8-9H,6-7,16H2,(H,17,18,19). The van der Waals surface area contributed by atoms with E-state index in [1.54, 1.807) is 6.07 Å². The highest BCUT2D eigenvalue weighted by molar-refractivity contribution is 9.10. The Kier molecular flexibility index (Phi) is 4.95. The third kappa shape index (κ3) is 4.24. The number of nitrogen functional groups attached to an aromatic ring is 1. The summed E-state index contributed by atoms with van der Waals surface area (Å²) in [6.45, 7) is 0.308. The highest BCUT2D eigenvalue weighted by Gasteiger charge is 2.07. The summed E-state index contributed by atoms with van der Waals surface area (Å²) in [4.78, 5) is 15.8. The fraction of sp³-hybridized carbons (Fsp3) is 0.143. The van der Waals surface area contributed by atoms with E-state index in [4.69, 9.17) is 10.5 Å². The summed E-state index contributed by atoms with van der Waals surface area (Å²) >= 11 is 3.29. The van der Waals surface area contributed by atoms with E-state index < -0.39 is 0 Å². The van der Waals surface area contributed by atoms with Crippen LogP contribution in [0.5, 0.6) is 5.75 Å². The van der Waals surface area contributed by atoms with Crippen LogP contribution in [0.3, 0.4) is 0 Å². The Hall–Kier alpha value is -2.08. The van der Waals surface area contributed by atoms with Crippen molar-refractivity contribution >= 4 is 33.3 Å².